The molecule has 0 spiro atoms. The molecule has 0 aliphatic heterocycles. The predicted molar refractivity (Wildman–Crippen MR) is 83.8 cm³/mol. The van der Waals surface area contributed by atoms with Crippen molar-refractivity contribution in [2.45, 2.75) is 6.54 Å². The first-order chi connectivity index (χ1) is 10.1. The summed E-state index contributed by atoms with van der Waals surface area (Å²) in [6, 6.07) is 12.7. The molecule has 0 saturated heterocycles. The Morgan fingerprint density at radius 1 is 0.952 bits per heavy atom. The van der Waals surface area contributed by atoms with Gasteiger partial charge in [-0.3, -0.25) is 0 Å². The van der Waals surface area contributed by atoms with Crippen LogP contribution in [-0.4, -0.2) is 20.2 Å². The molecule has 0 atom stereocenters. The highest BCUT2D eigenvalue weighted by molar-refractivity contribution is 6.35. The number of halogens is 3. The minimum Gasteiger partial charge on any atom is -0.221 e. The van der Waals surface area contributed by atoms with Gasteiger partial charge in [-0.15, -0.1) is 5.10 Å². The number of rotatable bonds is 3. The van der Waals surface area contributed by atoms with Crippen molar-refractivity contribution in [3.63, 3.8) is 0 Å². The molecule has 0 unspecified atom stereocenters. The summed E-state index contributed by atoms with van der Waals surface area (Å²) in [5.41, 5.74) is 1.65. The number of tetrazole rings is 1. The molecule has 2 aromatic carbocycles. The first kappa shape index (κ1) is 14.3. The van der Waals surface area contributed by atoms with Crippen LogP contribution in [0.3, 0.4) is 0 Å². The highest BCUT2D eigenvalue weighted by atomic mass is 35.5. The van der Waals surface area contributed by atoms with Crippen molar-refractivity contribution in [3.05, 3.63) is 63.1 Å². The minimum absolute atomic E-state index is 0.434. The highest BCUT2D eigenvalue weighted by Gasteiger charge is 2.13. The zero-order chi connectivity index (χ0) is 14.8. The molecule has 106 valence electrons. The van der Waals surface area contributed by atoms with Crippen LogP contribution in [0.1, 0.15) is 5.56 Å². The van der Waals surface area contributed by atoms with Crippen LogP contribution in [0.5, 0.6) is 0 Å². The van der Waals surface area contributed by atoms with Gasteiger partial charge in [-0.05, 0) is 40.3 Å². The number of aromatic nitrogens is 4. The van der Waals surface area contributed by atoms with Crippen molar-refractivity contribution in [1.29, 1.82) is 0 Å². The normalized spacial score (nSPS) is 10.8. The van der Waals surface area contributed by atoms with Gasteiger partial charge >= 0.3 is 0 Å². The van der Waals surface area contributed by atoms with Crippen molar-refractivity contribution in [3.8, 4) is 11.4 Å². The van der Waals surface area contributed by atoms with E-state index in [0.717, 1.165) is 11.1 Å². The molecule has 3 aromatic rings. The third kappa shape index (κ3) is 3.02. The lowest BCUT2D eigenvalue weighted by molar-refractivity contribution is 0.653. The van der Waals surface area contributed by atoms with Gasteiger partial charge in [-0.25, -0.2) is 4.68 Å². The molecule has 3 rings (SSSR count). The van der Waals surface area contributed by atoms with E-state index in [2.05, 4.69) is 15.5 Å². The highest BCUT2D eigenvalue weighted by Crippen LogP contribution is 2.27. The monoisotopic (exact) mass is 338 g/mol. The van der Waals surface area contributed by atoms with Crippen LogP contribution in [0.4, 0.5) is 0 Å². The van der Waals surface area contributed by atoms with E-state index in [4.69, 9.17) is 34.8 Å². The molecule has 0 amide bonds. The Bertz CT molecular complexity index is 785. The smallest absolute Gasteiger partial charge is 0.183 e. The van der Waals surface area contributed by atoms with Gasteiger partial charge in [0.05, 0.1) is 11.6 Å². The molecule has 7 heteroatoms. The Morgan fingerprint density at radius 3 is 2.52 bits per heavy atom. The maximum absolute atomic E-state index is 6.19. The van der Waals surface area contributed by atoms with E-state index in [1.807, 2.05) is 24.3 Å². The quantitative estimate of drug-likeness (QED) is 0.712. The van der Waals surface area contributed by atoms with Crippen molar-refractivity contribution in [2.75, 3.05) is 0 Å². The fourth-order valence-corrected chi connectivity index (χ4v) is 2.65. The zero-order valence-corrected chi connectivity index (χ0v) is 12.9. The van der Waals surface area contributed by atoms with Crippen LogP contribution in [0, 0.1) is 0 Å². The van der Waals surface area contributed by atoms with Gasteiger partial charge < -0.3 is 0 Å². The molecule has 0 aliphatic rings. The molecule has 0 saturated carbocycles. The fraction of sp³-hybridized carbons (Fsp3) is 0.0714. The van der Waals surface area contributed by atoms with Gasteiger partial charge in [0.2, 0.25) is 0 Å². The summed E-state index contributed by atoms with van der Waals surface area (Å²) in [6.07, 6.45) is 0. The van der Waals surface area contributed by atoms with Crippen LogP contribution in [0.15, 0.2) is 42.5 Å². The Balaban J connectivity index is 1.98. The third-order valence-electron chi connectivity index (χ3n) is 2.98. The number of benzene rings is 2. The van der Waals surface area contributed by atoms with Crippen molar-refractivity contribution < 1.29 is 0 Å². The summed E-state index contributed by atoms with van der Waals surface area (Å²) in [4.78, 5) is 0. The predicted octanol–water partition coefficient (Wildman–Crippen LogP) is 4.35. The second-order valence-electron chi connectivity index (χ2n) is 4.38. The SMILES string of the molecule is Clc1ccc(Cn2nnnc2-c2ccccc2Cl)c(Cl)c1. The summed E-state index contributed by atoms with van der Waals surface area (Å²) >= 11 is 18.3. The van der Waals surface area contributed by atoms with Crippen molar-refractivity contribution in [1.82, 2.24) is 20.2 Å². The molecule has 0 radical (unpaired) electrons. The van der Waals surface area contributed by atoms with Crippen LogP contribution in [0.25, 0.3) is 11.4 Å². The van der Waals surface area contributed by atoms with Gasteiger partial charge in [-0.2, -0.15) is 0 Å². The first-order valence-electron chi connectivity index (χ1n) is 6.10. The average molecular weight is 340 g/mol. The van der Waals surface area contributed by atoms with Crippen LogP contribution in [-0.2, 0) is 6.54 Å². The van der Waals surface area contributed by atoms with Crippen LogP contribution >= 0.6 is 34.8 Å². The average Bonchev–Trinajstić information content (AvgIpc) is 2.90. The number of hydrogen-bond acceptors (Lipinski definition) is 3. The van der Waals surface area contributed by atoms with E-state index in [1.165, 1.54) is 0 Å². The number of nitrogens with zero attached hydrogens (tertiary/aromatic N) is 4. The summed E-state index contributed by atoms with van der Waals surface area (Å²) in [7, 11) is 0. The second-order valence-corrected chi connectivity index (χ2v) is 5.63. The van der Waals surface area contributed by atoms with Crippen molar-refractivity contribution >= 4 is 34.8 Å². The summed E-state index contributed by atoms with van der Waals surface area (Å²) < 4.78 is 1.65. The summed E-state index contributed by atoms with van der Waals surface area (Å²) in [5, 5.41) is 13.5. The standard InChI is InChI=1S/C14H9Cl3N4/c15-10-6-5-9(13(17)7-10)8-21-14(18-19-20-21)11-3-1-2-4-12(11)16/h1-7H,8H2. The molecule has 0 fully saturated rings. The van der Waals surface area contributed by atoms with E-state index >= 15 is 0 Å². The van der Waals surface area contributed by atoms with Gasteiger partial charge in [0.1, 0.15) is 0 Å². The number of hydrogen-bond donors (Lipinski definition) is 0. The molecule has 1 heterocycles. The van der Waals surface area contributed by atoms with Gasteiger partial charge in [-0.1, -0.05) is 53.0 Å². The van der Waals surface area contributed by atoms with E-state index in [-0.39, 0.29) is 0 Å². The van der Waals surface area contributed by atoms with Gasteiger partial charge in [0.15, 0.2) is 5.82 Å². The Morgan fingerprint density at radius 2 is 1.76 bits per heavy atom. The molecule has 0 aliphatic carbocycles. The Kier molecular flexibility index (Phi) is 4.10. The molecule has 21 heavy (non-hydrogen) atoms. The Hall–Kier alpha value is -1.62. The summed E-state index contributed by atoms with van der Waals surface area (Å²) in [6.45, 7) is 0.434. The van der Waals surface area contributed by atoms with E-state index in [0.29, 0.717) is 27.4 Å². The van der Waals surface area contributed by atoms with Crippen LogP contribution < -0.4 is 0 Å². The van der Waals surface area contributed by atoms with E-state index in [9.17, 15) is 0 Å². The minimum atomic E-state index is 0.434. The fourth-order valence-electron chi connectivity index (χ4n) is 1.96. The maximum atomic E-state index is 6.19. The van der Waals surface area contributed by atoms with Crippen molar-refractivity contribution in [2.24, 2.45) is 0 Å². The topological polar surface area (TPSA) is 43.6 Å². The lowest BCUT2D eigenvalue weighted by Crippen LogP contribution is -2.05. The first-order valence-corrected chi connectivity index (χ1v) is 7.23. The zero-order valence-electron chi connectivity index (χ0n) is 10.7. The summed E-state index contributed by atoms with van der Waals surface area (Å²) in [5.74, 6) is 0.589. The molecular formula is C14H9Cl3N4. The van der Waals surface area contributed by atoms with Gasteiger partial charge in [0, 0.05) is 15.6 Å². The van der Waals surface area contributed by atoms with E-state index < -0.39 is 0 Å². The lowest BCUT2D eigenvalue weighted by atomic mass is 10.2. The molecular weight excluding hydrogens is 331 g/mol. The largest absolute Gasteiger partial charge is 0.221 e. The molecule has 1 aromatic heterocycles. The molecule has 0 bridgehead atoms. The third-order valence-corrected chi connectivity index (χ3v) is 3.90. The van der Waals surface area contributed by atoms with Gasteiger partial charge in [0.25, 0.3) is 0 Å². The lowest BCUT2D eigenvalue weighted by Gasteiger charge is -2.08. The Labute approximate surface area is 136 Å². The molecule has 0 N–H and O–H groups in total. The second kappa shape index (κ2) is 6.02. The molecule has 4 nitrogen and oxygen atoms in total. The van der Waals surface area contributed by atoms with E-state index in [1.54, 1.807) is 22.9 Å². The maximum Gasteiger partial charge on any atom is 0.183 e. The van der Waals surface area contributed by atoms with Crippen LogP contribution in [0.2, 0.25) is 15.1 Å².